The molecule has 1 aliphatic heterocycles. The fourth-order valence-corrected chi connectivity index (χ4v) is 3.79. The summed E-state index contributed by atoms with van der Waals surface area (Å²) in [5, 5.41) is 9.58. The molecule has 0 radical (unpaired) electrons. The van der Waals surface area contributed by atoms with Crippen LogP contribution in [0.2, 0.25) is 0 Å². The lowest BCUT2D eigenvalue weighted by atomic mass is 10.00. The number of carbonyl (C=O) groups is 1. The summed E-state index contributed by atoms with van der Waals surface area (Å²) in [5.74, 6) is -0.757. The summed E-state index contributed by atoms with van der Waals surface area (Å²) in [5.41, 5.74) is 2.88. The molecule has 0 aliphatic carbocycles. The number of hydrogen-bond acceptors (Lipinski definition) is 3. The van der Waals surface area contributed by atoms with Gasteiger partial charge in [-0.2, -0.15) is 0 Å². The summed E-state index contributed by atoms with van der Waals surface area (Å²) in [7, 11) is 0. The zero-order chi connectivity index (χ0) is 16.4. The van der Waals surface area contributed by atoms with Crippen LogP contribution in [0, 0.1) is 6.92 Å². The van der Waals surface area contributed by atoms with Crippen molar-refractivity contribution in [1.29, 1.82) is 0 Å². The number of halogens is 1. The number of benzene rings is 1. The first-order valence-electron chi connectivity index (χ1n) is 7.74. The zero-order valence-electron chi connectivity index (χ0n) is 12.9. The Bertz CT molecular complexity index is 720. The van der Waals surface area contributed by atoms with Gasteiger partial charge in [0, 0.05) is 16.7 Å². The first-order valence-corrected chi connectivity index (χ1v) is 8.54. The smallest absolute Gasteiger partial charge is 0.320 e. The van der Waals surface area contributed by atoms with Crippen LogP contribution in [0.4, 0.5) is 0 Å². The monoisotopic (exact) mass is 374 g/mol. The predicted octanol–water partition coefficient (Wildman–Crippen LogP) is 3.79. The summed E-state index contributed by atoms with van der Waals surface area (Å²) in [4.78, 5) is 18.4. The quantitative estimate of drug-likeness (QED) is 0.884. The van der Waals surface area contributed by atoms with Gasteiger partial charge in [-0.05, 0) is 43.5 Å². The average Bonchev–Trinajstić information content (AvgIpc) is 2.99. The lowest BCUT2D eigenvalue weighted by Gasteiger charge is -2.32. The van der Waals surface area contributed by atoms with Gasteiger partial charge in [-0.25, -0.2) is 0 Å². The number of carboxylic acids is 1. The largest absolute Gasteiger partial charge is 0.480 e. The number of likely N-dealkylation sites (tertiary alicyclic amines) is 1. The molecule has 1 aromatic heterocycles. The van der Waals surface area contributed by atoms with Crippen LogP contribution in [0.25, 0.3) is 0 Å². The minimum absolute atomic E-state index is 0.158. The first kappa shape index (κ1) is 16.1. The Hall–Kier alpha value is -1.72. The van der Waals surface area contributed by atoms with Crippen molar-refractivity contribution in [2.75, 3.05) is 6.54 Å². The van der Waals surface area contributed by atoms with Gasteiger partial charge >= 0.3 is 5.97 Å². The highest BCUT2D eigenvalue weighted by Gasteiger charge is 2.38. The van der Waals surface area contributed by atoms with Crippen LogP contribution < -0.4 is 0 Å². The molecule has 0 amide bonds. The van der Waals surface area contributed by atoms with Gasteiger partial charge in [0.05, 0.1) is 11.7 Å². The lowest BCUT2D eigenvalue weighted by molar-refractivity contribution is -0.142. The Morgan fingerprint density at radius 2 is 2.09 bits per heavy atom. The standard InChI is InChI=1S/C18H19BrN2O2/c1-12-6-4-9-15(20-12)17(13-7-2-3-8-14(13)19)21-11-5-10-16(21)18(22)23/h2-4,6-9,16-17H,5,10-11H2,1H3,(H,22,23). The molecular formula is C18H19BrN2O2. The summed E-state index contributed by atoms with van der Waals surface area (Å²) in [6, 6.07) is 13.3. The minimum Gasteiger partial charge on any atom is -0.480 e. The van der Waals surface area contributed by atoms with Gasteiger partial charge in [0.25, 0.3) is 0 Å². The molecule has 0 saturated carbocycles. The van der Waals surface area contributed by atoms with E-state index in [0.717, 1.165) is 34.4 Å². The van der Waals surface area contributed by atoms with Crippen LogP contribution >= 0.6 is 15.9 Å². The molecule has 1 saturated heterocycles. The third-order valence-electron chi connectivity index (χ3n) is 4.30. The van der Waals surface area contributed by atoms with E-state index in [1.165, 1.54) is 0 Å². The fraction of sp³-hybridized carbons (Fsp3) is 0.333. The Morgan fingerprint density at radius 3 is 2.78 bits per heavy atom. The second-order valence-corrected chi connectivity index (χ2v) is 6.72. The van der Waals surface area contributed by atoms with E-state index in [9.17, 15) is 9.90 Å². The van der Waals surface area contributed by atoms with Crippen LogP contribution in [0.1, 0.15) is 35.8 Å². The molecule has 1 N–H and O–H groups in total. The number of carboxylic acid groups (broad SMARTS) is 1. The van der Waals surface area contributed by atoms with Crippen LogP contribution in [0.15, 0.2) is 46.9 Å². The van der Waals surface area contributed by atoms with Crippen molar-refractivity contribution in [1.82, 2.24) is 9.88 Å². The number of aliphatic carboxylic acids is 1. The average molecular weight is 375 g/mol. The van der Waals surface area contributed by atoms with E-state index in [2.05, 4.69) is 25.8 Å². The van der Waals surface area contributed by atoms with E-state index in [4.69, 9.17) is 0 Å². The molecule has 4 nitrogen and oxygen atoms in total. The third kappa shape index (κ3) is 3.31. The van der Waals surface area contributed by atoms with Crippen LogP contribution in [0.5, 0.6) is 0 Å². The van der Waals surface area contributed by atoms with E-state index in [-0.39, 0.29) is 6.04 Å². The molecule has 2 unspecified atom stereocenters. The predicted molar refractivity (Wildman–Crippen MR) is 92.3 cm³/mol. The van der Waals surface area contributed by atoms with Crippen LogP contribution in [-0.4, -0.2) is 33.5 Å². The maximum Gasteiger partial charge on any atom is 0.320 e. The van der Waals surface area contributed by atoms with E-state index in [1.54, 1.807) is 0 Å². The Kier molecular flexibility index (Phi) is 4.78. The topological polar surface area (TPSA) is 53.4 Å². The highest BCUT2D eigenvalue weighted by Crippen LogP contribution is 2.37. The Morgan fingerprint density at radius 1 is 1.30 bits per heavy atom. The van der Waals surface area contributed by atoms with Crippen molar-refractivity contribution in [3.05, 3.63) is 63.9 Å². The highest BCUT2D eigenvalue weighted by molar-refractivity contribution is 9.10. The lowest BCUT2D eigenvalue weighted by Crippen LogP contribution is -2.39. The van der Waals surface area contributed by atoms with Crippen molar-refractivity contribution < 1.29 is 9.90 Å². The second kappa shape index (κ2) is 6.81. The number of nitrogens with zero attached hydrogens (tertiary/aromatic N) is 2. The molecule has 5 heteroatoms. The van der Waals surface area contributed by atoms with E-state index >= 15 is 0 Å². The highest BCUT2D eigenvalue weighted by atomic mass is 79.9. The van der Waals surface area contributed by atoms with Gasteiger partial charge < -0.3 is 5.11 Å². The van der Waals surface area contributed by atoms with Crippen molar-refractivity contribution in [3.63, 3.8) is 0 Å². The molecule has 0 spiro atoms. The van der Waals surface area contributed by atoms with Crippen molar-refractivity contribution in [3.8, 4) is 0 Å². The minimum atomic E-state index is -0.757. The van der Waals surface area contributed by atoms with Gasteiger partial charge in [0.2, 0.25) is 0 Å². The molecule has 1 aromatic carbocycles. The zero-order valence-corrected chi connectivity index (χ0v) is 14.5. The van der Waals surface area contributed by atoms with Gasteiger partial charge in [0.15, 0.2) is 0 Å². The second-order valence-electron chi connectivity index (χ2n) is 5.86. The molecular weight excluding hydrogens is 356 g/mol. The van der Waals surface area contributed by atoms with Crippen LogP contribution in [-0.2, 0) is 4.79 Å². The molecule has 23 heavy (non-hydrogen) atoms. The summed E-state index contributed by atoms with van der Waals surface area (Å²) >= 11 is 3.61. The van der Waals surface area contributed by atoms with Crippen molar-refractivity contribution >= 4 is 21.9 Å². The normalized spacial score (nSPS) is 19.7. The molecule has 2 atom stereocenters. The molecule has 2 aromatic rings. The Labute approximate surface area is 144 Å². The van der Waals surface area contributed by atoms with E-state index < -0.39 is 12.0 Å². The van der Waals surface area contributed by atoms with Gasteiger partial charge in [-0.3, -0.25) is 14.7 Å². The first-order chi connectivity index (χ1) is 11.1. The molecule has 0 bridgehead atoms. The number of aromatic nitrogens is 1. The summed E-state index contributed by atoms with van der Waals surface area (Å²) in [6.45, 7) is 2.72. The van der Waals surface area contributed by atoms with E-state index in [1.807, 2.05) is 49.4 Å². The fourth-order valence-electron chi connectivity index (χ4n) is 3.28. The maximum absolute atomic E-state index is 11.7. The van der Waals surface area contributed by atoms with Gasteiger partial charge in [0.1, 0.15) is 6.04 Å². The number of rotatable bonds is 4. The Balaban J connectivity index is 2.11. The summed E-state index contributed by atoms with van der Waals surface area (Å²) in [6.07, 6.45) is 1.58. The molecule has 120 valence electrons. The molecule has 1 aliphatic rings. The van der Waals surface area contributed by atoms with Crippen LogP contribution in [0.3, 0.4) is 0 Å². The molecule has 3 rings (SSSR count). The SMILES string of the molecule is Cc1cccc(C(c2ccccc2Br)N2CCCC2C(=O)O)n1. The van der Waals surface area contributed by atoms with Crippen molar-refractivity contribution in [2.45, 2.75) is 31.8 Å². The number of pyridine rings is 1. The van der Waals surface area contributed by atoms with Crippen molar-refractivity contribution in [2.24, 2.45) is 0 Å². The van der Waals surface area contributed by atoms with Gasteiger partial charge in [-0.15, -0.1) is 0 Å². The third-order valence-corrected chi connectivity index (χ3v) is 5.02. The van der Waals surface area contributed by atoms with Gasteiger partial charge in [-0.1, -0.05) is 40.2 Å². The maximum atomic E-state index is 11.7. The van der Waals surface area contributed by atoms with E-state index in [0.29, 0.717) is 6.42 Å². The summed E-state index contributed by atoms with van der Waals surface area (Å²) < 4.78 is 0.976. The molecule has 1 fully saturated rings. The molecule has 2 heterocycles. The number of aryl methyl sites for hydroxylation is 1. The number of hydrogen-bond donors (Lipinski definition) is 1.